The van der Waals surface area contributed by atoms with Crippen molar-refractivity contribution < 1.29 is 4.79 Å². The zero-order valence-electron chi connectivity index (χ0n) is 9.02. The zero-order valence-corrected chi connectivity index (χ0v) is 9.02. The fraction of sp³-hybridized carbons (Fsp3) is 0.231. The van der Waals surface area contributed by atoms with Crippen LogP contribution in [0.4, 0.5) is 0 Å². The molecule has 0 aromatic heterocycles. The number of rotatable bonds is 5. The van der Waals surface area contributed by atoms with Gasteiger partial charge in [-0.2, -0.15) is 5.26 Å². The van der Waals surface area contributed by atoms with E-state index in [4.69, 9.17) is 5.26 Å². The van der Waals surface area contributed by atoms with Crippen LogP contribution in [0.5, 0.6) is 0 Å². The van der Waals surface area contributed by atoms with Gasteiger partial charge in [0.25, 0.3) is 0 Å². The van der Waals surface area contributed by atoms with Gasteiger partial charge in [0, 0.05) is 6.54 Å². The molecule has 0 aliphatic rings. The maximum atomic E-state index is 11.6. The third-order valence-electron chi connectivity index (χ3n) is 2.18. The first kappa shape index (κ1) is 12.0. The van der Waals surface area contributed by atoms with Crippen LogP contribution in [-0.2, 0) is 11.3 Å². The molecule has 1 N–H and O–H groups in total. The number of amides is 1. The molecule has 1 aromatic rings. The van der Waals surface area contributed by atoms with Gasteiger partial charge < -0.3 is 5.32 Å². The smallest absolute Gasteiger partial charge is 0.237 e. The Labute approximate surface area is 95.4 Å². The molecule has 16 heavy (non-hydrogen) atoms. The number of carbonyl (C=O) groups is 1. The lowest BCUT2D eigenvalue weighted by Gasteiger charge is -2.08. The van der Waals surface area contributed by atoms with Gasteiger partial charge in [0.05, 0.1) is 6.07 Å². The van der Waals surface area contributed by atoms with Crippen molar-refractivity contribution in [2.75, 3.05) is 0 Å². The average Bonchev–Trinajstić information content (AvgIpc) is 2.34. The summed E-state index contributed by atoms with van der Waals surface area (Å²) in [6.45, 7) is 3.97. The second-order valence-electron chi connectivity index (χ2n) is 3.41. The highest BCUT2D eigenvalue weighted by atomic mass is 16.1. The minimum Gasteiger partial charge on any atom is -0.351 e. The number of hydrogen-bond donors (Lipinski definition) is 1. The van der Waals surface area contributed by atoms with Crippen LogP contribution >= 0.6 is 0 Å². The van der Waals surface area contributed by atoms with Gasteiger partial charge in [-0.1, -0.05) is 36.4 Å². The van der Waals surface area contributed by atoms with Crippen LogP contribution < -0.4 is 5.32 Å². The van der Waals surface area contributed by atoms with Crippen molar-refractivity contribution in [2.45, 2.75) is 13.0 Å². The summed E-state index contributed by atoms with van der Waals surface area (Å²) in [5.74, 6) is -0.882. The maximum Gasteiger partial charge on any atom is 0.237 e. The van der Waals surface area contributed by atoms with Gasteiger partial charge in [0.2, 0.25) is 5.91 Å². The predicted molar refractivity (Wildman–Crippen MR) is 62.2 cm³/mol. The van der Waals surface area contributed by atoms with Crippen molar-refractivity contribution in [3.63, 3.8) is 0 Å². The number of nitrogens with zero attached hydrogens (tertiary/aromatic N) is 1. The predicted octanol–water partition coefficient (Wildman–Crippen LogP) is 2.02. The molecule has 3 nitrogen and oxygen atoms in total. The Morgan fingerprint density at radius 3 is 2.75 bits per heavy atom. The average molecular weight is 214 g/mol. The number of carbonyl (C=O) groups excluding carboxylic acids is 1. The van der Waals surface area contributed by atoms with Crippen LogP contribution in [0.15, 0.2) is 43.0 Å². The van der Waals surface area contributed by atoms with E-state index in [1.807, 2.05) is 36.4 Å². The molecule has 0 fully saturated rings. The number of hydrogen-bond acceptors (Lipinski definition) is 2. The molecule has 1 amide bonds. The monoisotopic (exact) mass is 214 g/mol. The van der Waals surface area contributed by atoms with E-state index in [0.717, 1.165) is 5.56 Å². The molecule has 82 valence electrons. The Hall–Kier alpha value is -2.08. The topological polar surface area (TPSA) is 52.9 Å². The molecule has 0 heterocycles. The molecule has 0 bridgehead atoms. The largest absolute Gasteiger partial charge is 0.351 e. The lowest BCUT2D eigenvalue weighted by atomic mass is 10.1. The molecular weight excluding hydrogens is 200 g/mol. The van der Waals surface area contributed by atoms with Gasteiger partial charge >= 0.3 is 0 Å². The quantitative estimate of drug-likeness (QED) is 0.762. The van der Waals surface area contributed by atoms with Crippen molar-refractivity contribution in [3.8, 4) is 6.07 Å². The molecule has 0 saturated carbocycles. The second kappa shape index (κ2) is 6.41. The Balaban J connectivity index is 2.46. The summed E-state index contributed by atoms with van der Waals surface area (Å²) >= 11 is 0. The lowest BCUT2D eigenvalue weighted by Crippen LogP contribution is -2.29. The number of benzene rings is 1. The van der Waals surface area contributed by atoms with Crippen LogP contribution in [-0.4, -0.2) is 5.91 Å². The summed E-state index contributed by atoms with van der Waals surface area (Å²) in [5, 5.41) is 11.5. The molecule has 0 spiro atoms. The highest BCUT2D eigenvalue weighted by Crippen LogP contribution is 2.03. The Morgan fingerprint density at radius 2 is 2.19 bits per heavy atom. The molecule has 0 saturated heterocycles. The van der Waals surface area contributed by atoms with E-state index in [1.165, 1.54) is 0 Å². The van der Waals surface area contributed by atoms with Gasteiger partial charge in [-0.15, -0.1) is 6.58 Å². The highest BCUT2D eigenvalue weighted by Gasteiger charge is 2.15. The minimum atomic E-state index is -0.638. The van der Waals surface area contributed by atoms with E-state index in [9.17, 15) is 4.79 Å². The normalized spacial score (nSPS) is 11.2. The van der Waals surface area contributed by atoms with E-state index < -0.39 is 5.92 Å². The van der Waals surface area contributed by atoms with Crippen LogP contribution in [0, 0.1) is 17.2 Å². The van der Waals surface area contributed by atoms with E-state index in [2.05, 4.69) is 11.9 Å². The second-order valence-corrected chi connectivity index (χ2v) is 3.41. The van der Waals surface area contributed by atoms with Crippen LogP contribution in [0.3, 0.4) is 0 Å². The van der Waals surface area contributed by atoms with Gasteiger partial charge in [-0.25, -0.2) is 0 Å². The molecule has 1 unspecified atom stereocenters. The van der Waals surface area contributed by atoms with Gasteiger partial charge in [-0.3, -0.25) is 4.79 Å². The van der Waals surface area contributed by atoms with Gasteiger partial charge in [0.1, 0.15) is 5.92 Å². The number of nitriles is 1. The first-order chi connectivity index (χ1) is 7.77. The summed E-state index contributed by atoms with van der Waals surface area (Å²) < 4.78 is 0. The fourth-order valence-electron chi connectivity index (χ4n) is 1.29. The van der Waals surface area contributed by atoms with E-state index in [1.54, 1.807) is 6.08 Å². The molecule has 3 heteroatoms. The molecule has 1 aromatic carbocycles. The van der Waals surface area contributed by atoms with E-state index in [-0.39, 0.29) is 5.91 Å². The molecule has 1 atom stereocenters. The fourth-order valence-corrected chi connectivity index (χ4v) is 1.29. The third-order valence-corrected chi connectivity index (χ3v) is 2.18. The van der Waals surface area contributed by atoms with Crippen molar-refractivity contribution in [1.29, 1.82) is 5.26 Å². The summed E-state index contributed by atoms with van der Waals surface area (Å²) in [4.78, 5) is 11.6. The molecule has 0 aliphatic carbocycles. The number of allylic oxidation sites excluding steroid dienone is 1. The Morgan fingerprint density at radius 1 is 1.50 bits per heavy atom. The van der Waals surface area contributed by atoms with Crippen molar-refractivity contribution in [1.82, 2.24) is 5.32 Å². The van der Waals surface area contributed by atoms with Crippen molar-refractivity contribution in [3.05, 3.63) is 48.6 Å². The third kappa shape index (κ3) is 3.58. The Kier molecular flexibility index (Phi) is 4.81. The molecule has 1 rings (SSSR count). The van der Waals surface area contributed by atoms with Gasteiger partial charge in [-0.05, 0) is 12.0 Å². The maximum absolute atomic E-state index is 11.6. The van der Waals surface area contributed by atoms with E-state index in [0.29, 0.717) is 13.0 Å². The van der Waals surface area contributed by atoms with E-state index >= 15 is 0 Å². The first-order valence-electron chi connectivity index (χ1n) is 5.10. The minimum absolute atomic E-state index is 0.244. The Bertz CT molecular complexity index is 392. The van der Waals surface area contributed by atoms with Gasteiger partial charge in [0.15, 0.2) is 0 Å². The lowest BCUT2D eigenvalue weighted by molar-refractivity contribution is -0.123. The summed E-state index contributed by atoms with van der Waals surface area (Å²) in [6.07, 6.45) is 1.97. The first-order valence-corrected chi connectivity index (χ1v) is 5.10. The molecular formula is C13H14N2O. The van der Waals surface area contributed by atoms with Crippen LogP contribution in [0.25, 0.3) is 0 Å². The summed E-state index contributed by atoms with van der Waals surface area (Å²) in [6, 6.07) is 11.5. The zero-order chi connectivity index (χ0) is 11.8. The van der Waals surface area contributed by atoms with Crippen LogP contribution in [0.1, 0.15) is 12.0 Å². The highest BCUT2D eigenvalue weighted by molar-refractivity contribution is 5.81. The summed E-state index contributed by atoms with van der Waals surface area (Å²) in [5.41, 5.74) is 1.02. The van der Waals surface area contributed by atoms with Crippen molar-refractivity contribution >= 4 is 5.91 Å². The van der Waals surface area contributed by atoms with Crippen molar-refractivity contribution in [2.24, 2.45) is 5.92 Å². The summed E-state index contributed by atoms with van der Waals surface area (Å²) in [7, 11) is 0. The van der Waals surface area contributed by atoms with Crippen LogP contribution in [0.2, 0.25) is 0 Å². The molecule has 0 radical (unpaired) electrons. The SMILES string of the molecule is C=CCC(C#N)C(=O)NCc1ccccc1. The number of nitrogens with one attached hydrogen (secondary N) is 1. The standard InChI is InChI=1S/C13H14N2O/c1-2-6-12(9-14)13(16)15-10-11-7-4-3-5-8-11/h2-5,7-8,12H,1,6,10H2,(H,15,16). The molecule has 0 aliphatic heterocycles.